The molecule has 2 aliphatic heterocycles. The maximum atomic E-state index is 2.71. The van der Waals surface area contributed by atoms with Crippen molar-refractivity contribution >= 4 is 78.0 Å². The number of anilines is 6. The van der Waals surface area contributed by atoms with E-state index in [-0.39, 0.29) is 33.8 Å². The van der Waals surface area contributed by atoms with Crippen LogP contribution in [0.5, 0.6) is 0 Å². The molecule has 0 atom stereocenters. The molecule has 69 heavy (non-hydrogen) atoms. The van der Waals surface area contributed by atoms with Crippen molar-refractivity contribution in [2.24, 2.45) is 0 Å². The van der Waals surface area contributed by atoms with E-state index in [1.165, 1.54) is 122 Å². The normalized spacial score (nSPS) is 16.0. The zero-order chi connectivity index (χ0) is 48.7. The molecule has 0 fully saturated rings. The average Bonchev–Trinajstić information content (AvgIpc) is 3.68. The molecule has 0 bridgehead atoms. The molecule has 0 saturated carbocycles. The number of benzene rings is 7. The van der Waals surface area contributed by atoms with Gasteiger partial charge in [0.1, 0.15) is 0 Å². The minimum atomic E-state index is -0.0578. The summed E-state index contributed by atoms with van der Waals surface area (Å²) >= 11 is 2.00. The van der Waals surface area contributed by atoms with Crippen LogP contribution in [0.1, 0.15) is 136 Å². The zero-order valence-corrected chi connectivity index (χ0v) is 44.4. The Labute approximate surface area is 417 Å². The first-order valence-corrected chi connectivity index (χ1v) is 26.2. The minimum Gasteiger partial charge on any atom is -0.311 e. The van der Waals surface area contributed by atoms with Gasteiger partial charge in [-0.3, -0.25) is 0 Å². The molecule has 0 amide bonds. The maximum Gasteiger partial charge on any atom is 0.264 e. The third-order valence-corrected chi connectivity index (χ3v) is 17.4. The van der Waals surface area contributed by atoms with Crippen molar-refractivity contribution in [3.63, 3.8) is 0 Å². The van der Waals surface area contributed by atoms with Crippen LogP contribution in [0.3, 0.4) is 0 Å². The molecule has 0 saturated heterocycles. The first-order valence-electron chi connectivity index (χ1n) is 25.4. The third kappa shape index (κ3) is 7.42. The van der Waals surface area contributed by atoms with E-state index in [2.05, 4.69) is 246 Å². The quantitative estimate of drug-likeness (QED) is 0.162. The lowest BCUT2D eigenvalue weighted by Gasteiger charge is -2.45. The van der Waals surface area contributed by atoms with Crippen molar-refractivity contribution in [2.45, 2.75) is 137 Å². The van der Waals surface area contributed by atoms with Gasteiger partial charge in [0.05, 0.1) is 11.4 Å². The Morgan fingerprint density at radius 1 is 0.493 bits per heavy atom. The van der Waals surface area contributed by atoms with Gasteiger partial charge in [0.25, 0.3) is 6.71 Å². The van der Waals surface area contributed by atoms with E-state index in [9.17, 15) is 0 Å². The van der Waals surface area contributed by atoms with Crippen LogP contribution >= 0.6 is 11.3 Å². The number of rotatable bonds is 4. The van der Waals surface area contributed by atoms with Crippen molar-refractivity contribution in [2.75, 3.05) is 9.80 Å². The summed E-state index contributed by atoms with van der Waals surface area (Å²) in [4.78, 5) is 5.38. The molecule has 8 aromatic rings. The predicted molar refractivity (Wildman–Crippen MR) is 303 cm³/mol. The largest absolute Gasteiger partial charge is 0.311 e. The number of fused-ring (bicyclic) bond motifs is 7. The first kappa shape index (κ1) is 45.6. The van der Waals surface area contributed by atoms with E-state index in [4.69, 9.17) is 0 Å². The lowest BCUT2D eigenvalue weighted by molar-refractivity contribution is 0.332. The van der Waals surface area contributed by atoms with Crippen LogP contribution in [0, 0.1) is 6.92 Å². The second-order valence-corrected chi connectivity index (χ2v) is 26.1. The van der Waals surface area contributed by atoms with Gasteiger partial charge in [-0.1, -0.05) is 175 Å². The molecule has 0 N–H and O–H groups in total. The Balaban J connectivity index is 1.31. The summed E-state index contributed by atoms with van der Waals surface area (Å²) in [5, 5.41) is 1.34. The number of nitrogens with zero attached hydrogens (tertiary/aromatic N) is 2. The zero-order valence-electron chi connectivity index (χ0n) is 43.6. The van der Waals surface area contributed by atoms with Crippen molar-refractivity contribution in [1.29, 1.82) is 0 Å². The predicted octanol–water partition coefficient (Wildman–Crippen LogP) is 16.9. The van der Waals surface area contributed by atoms with E-state index in [1.807, 2.05) is 11.3 Å². The lowest BCUT2D eigenvalue weighted by atomic mass is 9.36. The summed E-state index contributed by atoms with van der Waals surface area (Å²) in [5.41, 5.74) is 23.6. The SMILES string of the molecule is Cc1ccccc1-c1cc2c3c(c1)N(c1ccc4c(c1)C(C)(C)CCC4(C)C)c1c(sc4ccc(C(C)(C)C)cc14)B3c1ccc(C(C)(C)C)cc1N2c1ccc(C(C)(C)C)cc1-c1ccccc1. The van der Waals surface area contributed by atoms with Crippen LogP contribution in [0.25, 0.3) is 32.3 Å². The van der Waals surface area contributed by atoms with Crippen LogP contribution in [0.4, 0.5) is 34.1 Å². The summed E-state index contributed by atoms with van der Waals surface area (Å²) in [6.45, 7) is 33.2. The summed E-state index contributed by atoms with van der Waals surface area (Å²) in [6.07, 6.45) is 2.35. The summed E-state index contributed by atoms with van der Waals surface area (Å²) in [7, 11) is 0. The van der Waals surface area contributed by atoms with Gasteiger partial charge >= 0.3 is 0 Å². The highest BCUT2D eigenvalue weighted by molar-refractivity contribution is 7.33. The van der Waals surface area contributed by atoms with Gasteiger partial charge in [-0.2, -0.15) is 0 Å². The molecule has 7 aromatic carbocycles. The van der Waals surface area contributed by atoms with Gasteiger partial charge in [0.15, 0.2) is 0 Å². The van der Waals surface area contributed by atoms with Gasteiger partial charge in [-0.25, -0.2) is 0 Å². The Bertz CT molecular complexity index is 3360. The molecule has 1 aromatic heterocycles. The monoisotopic (exact) mass is 921 g/mol. The molecule has 4 heteroatoms. The van der Waals surface area contributed by atoms with E-state index < -0.39 is 0 Å². The first-order chi connectivity index (χ1) is 32.5. The minimum absolute atomic E-state index is 0.00664. The van der Waals surface area contributed by atoms with E-state index in [1.54, 1.807) is 0 Å². The lowest BCUT2D eigenvalue weighted by Crippen LogP contribution is -2.60. The fourth-order valence-electron chi connectivity index (χ4n) is 11.8. The number of aryl methyl sites for hydroxylation is 1. The van der Waals surface area contributed by atoms with E-state index >= 15 is 0 Å². The molecule has 11 rings (SSSR count). The molecule has 0 unspecified atom stereocenters. The highest BCUT2D eigenvalue weighted by atomic mass is 32.1. The number of hydrogen-bond acceptors (Lipinski definition) is 3. The van der Waals surface area contributed by atoms with Crippen LogP contribution < -0.4 is 25.5 Å². The molecule has 0 spiro atoms. The smallest absolute Gasteiger partial charge is 0.264 e. The molecule has 0 radical (unpaired) electrons. The van der Waals surface area contributed by atoms with Crippen LogP contribution in [0.15, 0.2) is 140 Å². The second-order valence-electron chi connectivity index (χ2n) is 25.0. The van der Waals surface area contributed by atoms with Crippen molar-refractivity contribution < 1.29 is 0 Å². The van der Waals surface area contributed by atoms with Gasteiger partial charge in [0.2, 0.25) is 0 Å². The topological polar surface area (TPSA) is 6.48 Å². The van der Waals surface area contributed by atoms with E-state index in [0.717, 1.165) is 6.42 Å². The van der Waals surface area contributed by atoms with Crippen LogP contribution in [-0.4, -0.2) is 6.71 Å². The molecule has 348 valence electrons. The van der Waals surface area contributed by atoms with Crippen molar-refractivity contribution in [3.05, 3.63) is 173 Å². The van der Waals surface area contributed by atoms with Crippen LogP contribution in [-0.2, 0) is 27.1 Å². The van der Waals surface area contributed by atoms with E-state index in [0.29, 0.717) is 0 Å². The fourth-order valence-corrected chi connectivity index (χ4v) is 13.1. The Hall–Kier alpha value is -5.84. The van der Waals surface area contributed by atoms with Crippen LogP contribution in [0.2, 0.25) is 0 Å². The molecular formula is C65H69BN2S. The number of thiophene rings is 1. The highest BCUT2D eigenvalue weighted by Crippen LogP contribution is 2.54. The van der Waals surface area contributed by atoms with Gasteiger partial charge in [0, 0.05) is 43.2 Å². The number of hydrogen-bond donors (Lipinski definition) is 0. The highest BCUT2D eigenvalue weighted by Gasteiger charge is 2.47. The Morgan fingerprint density at radius 3 is 1.77 bits per heavy atom. The molecule has 3 aliphatic rings. The fraction of sp³-hybridized carbons (Fsp3) is 0.323. The standard InChI is InChI=1S/C65H69BN2S/c1-40-20-18-19-23-47(40)42-34-55-58-56(35-42)68(53-30-25-43(61(2,3)4)36-48(53)41-21-16-15-17-22-41)54-38-45(63(8,9)10)24-29-52(54)66(58)60-59(49-37-44(62(5,6)7)26-31-57(49)69-60)67(55)46-27-28-50-51(39-46)65(13,14)33-32-64(50,11)12/h15-31,34-39H,32-33H2,1-14H3. The van der Waals surface area contributed by atoms with Crippen molar-refractivity contribution in [3.8, 4) is 22.3 Å². The van der Waals surface area contributed by atoms with Gasteiger partial charge in [-0.15, -0.1) is 11.3 Å². The summed E-state index contributed by atoms with van der Waals surface area (Å²) < 4.78 is 2.76. The third-order valence-electron chi connectivity index (χ3n) is 16.1. The summed E-state index contributed by atoms with van der Waals surface area (Å²) in [6, 6.07) is 54.8. The Morgan fingerprint density at radius 2 is 1.09 bits per heavy atom. The maximum absolute atomic E-state index is 2.71. The van der Waals surface area contributed by atoms with Gasteiger partial charge in [-0.05, 0) is 162 Å². The molecular weight excluding hydrogens is 852 g/mol. The average molecular weight is 921 g/mol. The Kier molecular flexibility index (Phi) is 10.3. The molecule has 2 nitrogen and oxygen atoms in total. The summed E-state index contributed by atoms with van der Waals surface area (Å²) in [5.74, 6) is 0. The van der Waals surface area contributed by atoms with Gasteiger partial charge < -0.3 is 9.80 Å². The molecule has 1 aliphatic carbocycles. The second kappa shape index (κ2) is 15.6. The van der Waals surface area contributed by atoms with Crippen molar-refractivity contribution in [1.82, 2.24) is 0 Å². The molecule has 3 heterocycles.